The molecule has 2 N–H and O–H groups in total. The van der Waals surface area contributed by atoms with Crippen LogP contribution in [0.1, 0.15) is 36.0 Å². The van der Waals surface area contributed by atoms with Gasteiger partial charge in [-0.15, -0.1) is 0 Å². The highest BCUT2D eigenvalue weighted by molar-refractivity contribution is 6.31. The standard InChI is InChI=1S/C18H24ClN3O3/c1-25-16-7-6-12(19)10-14(16)18(24)22-9-3-5-15(22)17(23)21-13-4-2-8-20-11-13/h6-7,10,13,15,20H,2-5,8-9,11H2,1H3,(H,21,23). The van der Waals surface area contributed by atoms with E-state index in [1.165, 1.54) is 7.11 Å². The molecule has 3 rings (SSSR count). The van der Waals surface area contributed by atoms with Crippen molar-refractivity contribution in [3.8, 4) is 5.75 Å². The van der Waals surface area contributed by atoms with Crippen LogP contribution in [0.2, 0.25) is 5.02 Å². The minimum absolute atomic E-state index is 0.0689. The number of carbonyl (C=O) groups is 2. The van der Waals surface area contributed by atoms with Crippen molar-refractivity contribution in [1.29, 1.82) is 0 Å². The number of benzene rings is 1. The van der Waals surface area contributed by atoms with Gasteiger partial charge in [-0.25, -0.2) is 0 Å². The van der Waals surface area contributed by atoms with E-state index in [-0.39, 0.29) is 17.9 Å². The van der Waals surface area contributed by atoms with Gasteiger partial charge < -0.3 is 20.3 Å². The predicted molar refractivity (Wildman–Crippen MR) is 96.1 cm³/mol. The highest BCUT2D eigenvalue weighted by Crippen LogP contribution is 2.27. The maximum absolute atomic E-state index is 13.0. The van der Waals surface area contributed by atoms with Crippen molar-refractivity contribution in [3.05, 3.63) is 28.8 Å². The molecular formula is C18H24ClN3O3. The van der Waals surface area contributed by atoms with Crippen LogP contribution < -0.4 is 15.4 Å². The average Bonchev–Trinajstić information content (AvgIpc) is 3.12. The highest BCUT2D eigenvalue weighted by Gasteiger charge is 2.36. The fourth-order valence-electron chi connectivity index (χ4n) is 3.56. The van der Waals surface area contributed by atoms with Gasteiger partial charge in [0.05, 0.1) is 12.7 Å². The molecule has 2 fully saturated rings. The summed E-state index contributed by atoms with van der Waals surface area (Å²) in [5.74, 6) is 0.191. The van der Waals surface area contributed by atoms with Crippen LogP contribution in [0.25, 0.3) is 0 Å². The number of amides is 2. The van der Waals surface area contributed by atoms with Gasteiger partial charge in [-0.2, -0.15) is 0 Å². The number of halogens is 1. The molecule has 0 aromatic heterocycles. The number of ether oxygens (including phenoxy) is 1. The summed E-state index contributed by atoms with van der Waals surface area (Å²) < 4.78 is 5.28. The van der Waals surface area contributed by atoms with Gasteiger partial charge in [-0.05, 0) is 50.4 Å². The Balaban J connectivity index is 1.73. The van der Waals surface area contributed by atoms with Gasteiger partial charge in [-0.1, -0.05) is 11.6 Å². The number of methoxy groups -OCH3 is 1. The lowest BCUT2D eigenvalue weighted by atomic mass is 10.1. The number of hydrogen-bond acceptors (Lipinski definition) is 4. The van der Waals surface area contributed by atoms with Crippen LogP contribution in [0.4, 0.5) is 0 Å². The zero-order valence-electron chi connectivity index (χ0n) is 14.4. The van der Waals surface area contributed by atoms with Crippen LogP contribution in [-0.2, 0) is 4.79 Å². The first-order chi connectivity index (χ1) is 12.1. The molecule has 6 nitrogen and oxygen atoms in total. The molecule has 0 saturated carbocycles. The smallest absolute Gasteiger partial charge is 0.258 e. The van der Waals surface area contributed by atoms with Crippen molar-refractivity contribution in [2.75, 3.05) is 26.7 Å². The quantitative estimate of drug-likeness (QED) is 0.853. The third-order valence-electron chi connectivity index (χ3n) is 4.85. The normalized spacial score (nSPS) is 23.4. The molecule has 2 aliphatic heterocycles. The van der Waals surface area contributed by atoms with Crippen molar-refractivity contribution >= 4 is 23.4 Å². The monoisotopic (exact) mass is 365 g/mol. The Morgan fingerprint density at radius 1 is 1.32 bits per heavy atom. The maximum atomic E-state index is 13.0. The molecule has 136 valence electrons. The van der Waals surface area contributed by atoms with E-state index >= 15 is 0 Å². The molecule has 2 unspecified atom stereocenters. The van der Waals surface area contributed by atoms with E-state index in [1.807, 2.05) is 0 Å². The Kier molecular flexibility index (Phi) is 5.81. The number of hydrogen-bond donors (Lipinski definition) is 2. The number of nitrogens with one attached hydrogen (secondary N) is 2. The molecule has 2 heterocycles. The molecule has 0 aliphatic carbocycles. The Morgan fingerprint density at radius 3 is 2.88 bits per heavy atom. The number of carbonyl (C=O) groups excluding carboxylic acids is 2. The zero-order chi connectivity index (χ0) is 17.8. The van der Waals surface area contributed by atoms with E-state index in [1.54, 1.807) is 23.1 Å². The van der Waals surface area contributed by atoms with E-state index in [2.05, 4.69) is 10.6 Å². The second-order valence-electron chi connectivity index (χ2n) is 6.55. The van der Waals surface area contributed by atoms with Gasteiger partial charge in [0.15, 0.2) is 0 Å². The molecule has 25 heavy (non-hydrogen) atoms. The summed E-state index contributed by atoms with van der Waals surface area (Å²) in [6, 6.07) is 4.66. The third-order valence-corrected chi connectivity index (χ3v) is 5.09. The Bertz CT molecular complexity index is 646. The fraction of sp³-hybridized carbons (Fsp3) is 0.556. The zero-order valence-corrected chi connectivity index (χ0v) is 15.1. The number of rotatable bonds is 4. The van der Waals surface area contributed by atoms with Gasteiger partial charge >= 0.3 is 0 Å². The van der Waals surface area contributed by atoms with Gasteiger partial charge in [0.1, 0.15) is 11.8 Å². The van der Waals surface area contributed by atoms with E-state index < -0.39 is 6.04 Å². The minimum Gasteiger partial charge on any atom is -0.496 e. The number of piperidine rings is 1. The Morgan fingerprint density at radius 2 is 2.16 bits per heavy atom. The number of nitrogens with zero attached hydrogens (tertiary/aromatic N) is 1. The molecule has 0 spiro atoms. The molecular weight excluding hydrogens is 342 g/mol. The van der Waals surface area contributed by atoms with Crippen LogP contribution in [-0.4, -0.2) is 55.5 Å². The van der Waals surface area contributed by atoms with Crippen molar-refractivity contribution in [1.82, 2.24) is 15.5 Å². The van der Waals surface area contributed by atoms with Crippen LogP contribution >= 0.6 is 11.6 Å². The lowest BCUT2D eigenvalue weighted by molar-refractivity contribution is -0.125. The second-order valence-corrected chi connectivity index (χ2v) is 6.99. The molecule has 0 bridgehead atoms. The van der Waals surface area contributed by atoms with Crippen molar-refractivity contribution < 1.29 is 14.3 Å². The maximum Gasteiger partial charge on any atom is 0.258 e. The van der Waals surface area contributed by atoms with Crippen LogP contribution in [0, 0.1) is 0 Å². The lowest BCUT2D eigenvalue weighted by Crippen LogP contribution is -2.52. The van der Waals surface area contributed by atoms with E-state index in [0.717, 1.165) is 32.4 Å². The molecule has 2 amide bonds. The molecule has 1 aromatic carbocycles. The minimum atomic E-state index is -0.432. The van der Waals surface area contributed by atoms with E-state index in [4.69, 9.17) is 16.3 Å². The fourth-order valence-corrected chi connectivity index (χ4v) is 3.73. The van der Waals surface area contributed by atoms with E-state index in [9.17, 15) is 9.59 Å². The summed E-state index contributed by atoms with van der Waals surface area (Å²) in [5, 5.41) is 6.84. The number of likely N-dealkylation sites (tertiary alicyclic amines) is 1. The SMILES string of the molecule is COc1ccc(Cl)cc1C(=O)N1CCCC1C(=O)NC1CCCNC1. The molecule has 2 atom stereocenters. The summed E-state index contributed by atoms with van der Waals surface area (Å²) in [7, 11) is 1.52. The van der Waals surface area contributed by atoms with Gasteiger partial charge in [-0.3, -0.25) is 9.59 Å². The van der Waals surface area contributed by atoms with E-state index in [0.29, 0.717) is 29.3 Å². The van der Waals surface area contributed by atoms with Crippen molar-refractivity contribution in [2.45, 2.75) is 37.8 Å². The van der Waals surface area contributed by atoms with Crippen molar-refractivity contribution in [3.63, 3.8) is 0 Å². The van der Waals surface area contributed by atoms with Gasteiger partial charge in [0.25, 0.3) is 5.91 Å². The Labute approximate surface area is 152 Å². The summed E-state index contributed by atoms with van der Waals surface area (Å²) in [4.78, 5) is 27.3. The summed E-state index contributed by atoms with van der Waals surface area (Å²) in [6.07, 6.45) is 3.52. The predicted octanol–water partition coefficient (Wildman–Crippen LogP) is 1.82. The van der Waals surface area contributed by atoms with Gasteiger partial charge in [0, 0.05) is 24.2 Å². The third kappa shape index (κ3) is 4.07. The Hall–Kier alpha value is -1.79. The largest absolute Gasteiger partial charge is 0.496 e. The molecule has 0 radical (unpaired) electrons. The van der Waals surface area contributed by atoms with Crippen LogP contribution in [0.5, 0.6) is 5.75 Å². The average molecular weight is 366 g/mol. The molecule has 7 heteroatoms. The van der Waals surface area contributed by atoms with Gasteiger partial charge in [0.2, 0.25) is 5.91 Å². The highest BCUT2D eigenvalue weighted by atomic mass is 35.5. The van der Waals surface area contributed by atoms with Crippen molar-refractivity contribution in [2.24, 2.45) is 0 Å². The summed E-state index contributed by atoms with van der Waals surface area (Å²) >= 11 is 6.04. The second kappa shape index (κ2) is 8.06. The van der Waals surface area contributed by atoms with Crippen LogP contribution in [0.15, 0.2) is 18.2 Å². The lowest BCUT2D eigenvalue weighted by Gasteiger charge is -2.29. The first-order valence-electron chi connectivity index (χ1n) is 8.75. The summed E-state index contributed by atoms with van der Waals surface area (Å²) in [5.41, 5.74) is 0.397. The van der Waals surface area contributed by atoms with Crippen LogP contribution in [0.3, 0.4) is 0 Å². The topological polar surface area (TPSA) is 70.7 Å². The molecule has 2 saturated heterocycles. The first-order valence-corrected chi connectivity index (χ1v) is 9.13. The molecule has 2 aliphatic rings. The summed E-state index contributed by atoms with van der Waals surface area (Å²) in [6.45, 7) is 2.35. The molecule has 1 aromatic rings. The first kappa shape index (κ1) is 18.0.